The van der Waals surface area contributed by atoms with E-state index in [2.05, 4.69) is 34.6 Å². The highest BCUT2D eigenvalue weighted by Gasteiger charge is 2.28. The molecule has 0 bridgehead atoms. The quantitative estimate of drug-likeness (QED) is 0.463. The second-order valence-corrected chi connectivity index (χ2v) is 4.63. The van der Waals surface area contributed by atoms with Gasteiger partial charge >= 0.3 is 0 Å². The summed E-state index contributed by atoms with van der Waals surface area (Å²) >= 11 is 0. The summed E-state index contributed by atoms with van der Waals surface area (Å²) < 4.78 is 0. The molecule has 0 aromatic heterocycles. The third-order valence-electron chi connectivity index (χ3n) is 3.55. The highest BCUT2D eigenvalue weighted by atomic mass is 14.3. The SMILES string of the molecule is CC1=C(C)C(C)(C)CC[C@H]1C. The smallest absolute Gasteiger partial charge is 0.0145 e. The van der Waals surface area contributed by atoms with Crippen LogP contribution in [-0.4, -0.2) is 0 Å². The van der Waals surface area contributed by atoms with Crippen LogP contribution in [0, 0.1) is 11.3 Å². The van der Waals surface area contributed by atoms with Gasteiger partial charge in [0.1, 0.15) is 0 Å². The Bertz CT molecular complexity index is 184. The molecule has 1 aliphatic carbocycles. The van der Waals surface area contributed by atoms with E-state index in [4.69, 9.17) is 0 Å². The Morgan fingerprint density at radius 3 is 2.27 bits per heavy atom. The largest absolute Gasteiger partial charge is 0.0710 e. The van der Waals surface area contributed by atoms with Crippen molar-refractivity contribution in [1.82, 2.24) is 0 Å². The Balaban J connectivity index is 2.97. The molecule has 1 rings (SSSR count). The minimum absolute atomic E-state index is 0.469. The van der Waals surface area contributed by atoms with Crippen molar-refractivity contribution < 1.29 is 0 Å². The van der Waals surface area contributed by atoms with Crippen LogP contribution in [0.5, 0.6) is 0 Å². The molecule has 11 heavy (non-hydrogen) atoms. The molecule has 1 aliphatic rings. The first kappa shape index (κ1) is 8.83. The van der Waals surface area contributed by atoms with Crippen LogP contribution in [0.15, 0.2) is 11.1 Å². The van der Waals surface area contributed by atoms with Gasteiger partial charge in [0.15, 0.2) is 0 Å². The molecule has 0 fully saturated rings. The van der Waals surface area contributed by atoms with Gasteiger partial charge in [-0.1, -0.05) is 31.9 Å². The predicted molar refractivity (Wildman–Crippen MR) is 50.6 cm³/mol. The first-order chi connectivity index (χ1) is 4.95. The fourth-order valence-electron chi connectivity index (χ4n) is 1.88. The predicted octanol–water partition coefficient (Wildman–Crippen LogP) is 3.78. The summed E-state index contributed by atoms with van der Waals surface area (Å²) in [4.78, 5) is 0. The highest BCUT2D eigenvalue weighted by molar-refractivity contribution is 5.21. The van der Waals surface area contributed by atoms with E-state index in [1.54, 1.807) is 11.1 Å². The summed E-state index contributed by atoms with van der Waals surface area (Å²) in [7, 11) is 0. The molecule has 0 spiro atoms. The lowest BCUT2D eigenvalue weighted by Gasteiger charge is -2.35. The van der Waals surface area contributed by atoms with Crippen LogP contribution in [0.2, 0.25) is 0 Å². The minimum Gasteiger partial charge on any atom is -0.0710 e. The van der Waals surface area contributed by atoms with E-state index in [0.29, 0.717) is 5.41 Å². The molecule has 0 amide bonds. The number of rotatable bonds is 0. The van der Waals surface area contributed by atoms with Gasteiger partial charge < -0.3 is 0 Å². The van der Waals surface area contributed by atoms with E-state index in [1.165, 1.54) is 12.8 Å². The maximum absolute atomic E-state index is 2.36. The molecule has 1 atom stereocenters. The van der Waals surface area contributed by atoms with Gasteiger partial charge in [-0.3, -0.25) is 0 Å². The minimum atomic E-state index is 0.469. The van der Waals surface area contributed by atoms with Crippen LogP contribution in [0.3, 0.4) is 0 Å². The monoisotopic (exact) mass is 152 g/mol. The van der Waals surface area contributed by atoms with Crippen molar-refractivity contribution in [2.75, 3.05) is 0 Å². The van der Waals surface area contributed by atoms with Gasteiger partial charge in [0.2, 0.25) is 0 Å². The maximum atomic E-state index is 2.36. The van der Waals surface area contributed by atoms with Gasteiger partial charge in [-0.05, 0) is 38.0 Å². The molecule has 0 heteroatoms. The molecule has 64 valence electrons. The van der Waals surface area contributed by atoms with Crippen LogP contribution in [-0.2, 0) is 0 Å². The molecule has 0 nitrogen and oxygen atoms in total. The molecule has 0 saturated heterocycles. The lowest BCUT2D eigenvalue weighted by atomic mass is 9.70. The van der Waals surface area contributed by atoms with E-state index < -0.39 is 0 Å². The Kier molecular flexibility index (Phi) is 2.13. The van der Waals surface area contributed by atoms with Crippen LogP contribution in [0.1, 0.15) is 47.5 Å². The van der Waals surface area contributed by atoms with E-state index in [1.807, 2.05) is 0 Å². The zero-order valence-electron chi connectivity index (χ0n) is 8.49. The van der Waals surface area contributed by atoms with Crippen molar-refractivity contribution >= 4 is 0 Å². The fraction of sp³-hybridized carbons (Fsp3) is 0.818. The molecular weight excluding hydrogens is 132 g/mol. The molecule has 0 heterocycles. The molecule has 0 saturated carbocycles. The second-order valence-electron chi connectivity index (χ2n) is 4.63. The molecule has 0 aromatic carbocycles. The Labute approximate surface area is 70.7 Å². The van der Waals surface area contributed by atoms with Crippen LogP contribution in [0.4, 0.5) is 0 Å². The Morgan fingerprint density at radius 2 is 1.82 bits per heavy atom. The van der Waals surface area contributed by atoms with Crippen molar-refractivity contribution in [2.45, 2.75) is 47.5 Å². The van der Waals surface area contributed by atoms with Crippen molar-refractivity contribution in [3.8, 4) is 0 Å². The van der Waals surface area contributed by atoms with Crippen molar-refractivity contribution in [2.24, 2.45) is 11.3 Å². The number of allylic oxidation sites excluding steroid dienone is 2. The van der Waals surface area contributed by atoms with Gasteiger partial charge in [-0.2, -0.15) is 0 Å². The molecule has 0 radical (unpaired) electrons. The maximum Gasteiger partial charge on any atom is -0.0145 e. The van der Waals surface area contributed by atoms with E-state index in [9.17, 15) is 0 Å². The van der Waals surface area contributed by atoms with E-state index in [0.717, 1.165) is 5.92 Å². The van der Waals surface area contributed by atoms with E-state index >= 15 is 0 Å². The van der Waals surface area contributed by atoms with Gasteiger partial charge in [0.25, 0.3) is 0 Å². The first-order valence-corrected chi connectivity index (χ1v) is 4.63. The molecule has 0 unspecified atom stereocenters. The summed E-state index contributed by atoms with van der Waals surface area (Å²) in [5, 5.41) is 0. The average Bonchev–Trinajstić information content (AvgIpc) is 1.95. The molecule has 0 aromatic rings. The van der Waals surface area contributed by atoms with Crippen LogP contribution >= 0.6 is 0 Å². The summed E-state index contributed by atoms with van der Waals surface area (Å²) in [5.41, 5.74) is 3.72. The molecule has 0 N–H and O–H groups in total. The van der Waals surface area contributed by atoms with E-state index in [-0.39, 0.29) is 0 Å². The summed E-state index contributed by atoms with van der Waals surface area (Å²) in [6, 6.07) is 0. The second kappa shape index (κ2) is 2.66. The van der Waals surface area contributed by atoms with Gasteiger partial charge in [0.05, 0.1) is 0 Å². The topological polar surface area (TPSA) is 0 Å². The number of hydrogen-bond donors (Lipinski definition) is 0. The lowest BCUT2D eigenvalue weighted by molar-refractivity contribution is 0.331. The third kappa shape index (κ3) is 1.50. The standard InChI is InChI=1S/C11H20/c1-8-6-7-11(4,5)10(3)9(8)2/h8H,6-7H2,1-5H3/t8-/m1/s1. The van der Waals surface area contributed by atoms with Gasteiger partial charge in [0, 0.05) is 0 Å². The summed E-state index contributed by atoms with van der Waals surface area (Å²) in [6.45, 7) is 11.6. The third-order valence-corrected chi connectivity index (χ3v) is 3.55. The van der Waals surface area contributed by atoms with Gasteiger partial charge in [-0.15, -0.1) is 0 Å². The van der Waals surface area contributed by atoms with Crippen LogP contribution < -0.4 is 0 Å². The van der Waals surface area contributed by atoms with Crippen molar-refractivity contribution in [3.05, 3.63) is 11.1 Å². The molecule has 0 aliphatic heterocycles. The summed E-state index contributed by atoms with van der Waals surface area (Å²) in [6.07, 6.45) is 2.73. The number of hydrogen-bond acceptors (Lipinski definition) is 0. The highest BCUT2D eigenvalue weighted by Crippen LogP contribution is 2.41. The first-order valence-electron chi connectivity index (χ1n) is 4.63. The van der Waals surface area contributed by atoms with Crippen LogP contribution in [0.25, 0.3) is 0 Å². The Morgan fingerprint density at radius 1 is 1.27 bits per heavy atom. The zero-order chi connectivity index (χ0) is 8.65. The fourth-order valence-corrected chi connectivity index (χ4v) is 1.88. The van der Waals surface area contributed by atoms with Crippen molar-refractivity contribution in [3.63, 3.8) is 0 Å². The molecular formula is C11H20. The zero-order valence-corrected chi connectivity index (χ0v) is 8.49. The van der Waals surface area contributed by atoms with Crippen molar-refractivity contribution in [1.29, 1.82) is 0 Å². The average molecular weight is 152 g/mol. The summed E-state index contributed by atoms with van der Waals surface area (Å²) in [5.74, 6) is 0.822. The normalized spacial score (nSPS) is 30.8. The Hall–Kier alpha value is -0.260. The van der Waals surface area contributed by atoms with Gasteiger partial charge in [-0.25, -0.2) is 0 Å². The lowest BCUT2D eigenvalue weighted by Crippen LogP contribution is -2.22.